The van der Waals surface area contributed by atoms with E-state index in [1.54, 1.807) is 21.3 Å². The van der Waals surface area contributed by atoms with Crippen molar-refractivity contribution in [2.75, 3.05) is 47.5 Å². The zero-order valence-electron chi connectivity index (χ0n) is 17.6. The van der Waals surface area contributed by atoms with Gasteiger partial charge >= 0.3 is 0 Å². The molecule has 0 radical (unpaired) electrons. The second kappa shape index (κ2) is 10.0. The molecule has 1 aromatic carbocycles. The Labute approximate surface area is 168 Å². The Morgan fingerprint density at radius 1 is 1.00 bits per heavy atom. The number of rotatable bonds is 6. The highest BCUT2D eigenvalue weighted by molar-refractivity contribution is 5.79. The molecule has 6 heteroatoms. The van der Waals surface area contributed by atoms with E-state index in [1.165, 1.54) is 17.7 Å². The van der Waals surface area contributed by atoms with E-state index in [-0.39, 0.29) is 5.92 Å². The summed E-state index contributed by atoms with van der Waals surface area (Å²) in [6.07, 6.45) is 6.92. The van der Waals surface area contributed by atoms with Gasteiger partial charge in [0.15, 0.2) is 11.5 Å². The van der Waals surface area contributed by atoms with Crippen LogP contribution in [0.4, 0.5) is 0 Å². The number of quaternary nitrogens is 1. The van der Waals surface area contributed by atoms with Crippen LogP contribution in [0.1, 0.15) is 44.1 Å². The van der Waals surface area contributed by atoms with Crippen LogP contribution >= 0.6 is 0 Å². The van der Waals surface area contributed by atoms with Crippen LogP contribution in [0.5, 0.6) is 17.2 Å². The van der Waals surface area contributed by atoms with Gasteiger partial charge in [-0.1, -0.05) is 12.8 Å². The summed E-state index contributed by atoms with van der Waals surface area (Å²) >= 11 is 0. The second-order valence-corrected chi connectivity index (χ2v) is 7.95. The predicted octanol–water partition coefficient (Wildman–Crippen LogP) is 1.91. The lowest BCUT2D eigenvalue weighted by atomic mass is 9.95. The number of amides is 1. The van der Waals surface area contributed by atoms with Gasteiger partial charge in [-0.15, -0.1) is 0 Å². The number of carbonyl (C=O) groups is 1. The monoisotopic (exact) mass is 391 g/mol. The van der Waals surface area contributed by atoms with Gasteiger partial charge in [0.05, 0.1) is 45.9 Å². The fourth-order valence-corrected chi connectivity index (χ4v) is 4.64. The molecule has 2 fully saturated rings. The molecule has 156 valence electrons. The molecule has 28 heavy (non-hydrogen) atoms. The third-order valence-electron chi connectivity index (χ3n) is 6.11. The smallest absolute Gasteiger partial charge is 0.231 e. The van der Waals surface area contributed by atoms with Crippen molar-refractivity contribution in [1.82, 2.24) is 4.90 Å². The summed E-state index contributed by atoms with van der Waals surface area (Å²) in [7, 11) is 4.93. The lowest BCUT2D eigenvalue weighted by molar-refractivity contribution is -0.921. The molecular formula is C22H35N2O4+. The molecule has 0 aromatic heterocycles. The molecule has 0 bridgehead atoms. The van der Waals surface area contributed by atoms with E-state index in [9.17, 15) is 4.79 Å². The molecule has 0 aliphatic carbocycles. The molecule has 0 saturated carbocycles. The highest BCUT2D eigenvalue weighted by atomic mass is 16.5. The molecule has 1 amide bonds. The quantitative estimate of drug-likeness (QED) is 0.805. The van der Waals surface area contributed by atoms with Crippen molar-refractivity contribution in [3.05, 3.63) is 17.7 Å². The van der Waals surface area contributed by atoms with Gasteiger partial charge in [0.25, 0.3) is 0 Å². The molecule has 1 N–H and O–H groups in total. The molecular weight excluding hydrogens is 356 g/mol. The normalized spacial score (nSPS) is 23.0. The van der Waals surface area contributed by atoms with Gasteiger partial charge in [-0.25, -0.2) is 0 Å². The number of likely N-dealkylation sites (tertiary alicyclic amines) is 2. The van der Waals surface area contributed by atoms with Crippen molar-refractivity contribution < 1.29 is 23.9 Å². The maximum atomic E-state index is 13.1. The third kappa shape index (κ3) is 4.72. The maximum absolute atomic E-state index is 13.1. The molecule has 6 nitrogen and oxygen atoms in total. The van der Waals surface area contributed by atoms with Crippen molar-refractivity contribution in [1.29, 1.82) is 0 Å². The van der Waals surface area contributed by atoms with Crippen LogP contribution in [0, 0.1) is 5.92 Å². The van der Waals surface area contributed by atoms with Crippen LogP contribution < -0.4 is 19.1 Å². The van der Waals surface area contributed by atoms with Gasteiger partial charge in [0.1, 0.15) is 6.54 Å². The molecule has 2 aliphatic rings. The number of methoxy groups -OCH3 is 3. The van der Waals surface area contributed by atoms with Crippen LogP contribution in [-0.2, 0) is 11.3 Å². The fraction of sp³-hybridized carbons (Fsp3) is 0.682. The highest BCUT2D eigenvalue weighted by Gasteiger charge is 2.32. The lowest BCUT2D eigenvalue weighted by Crippen LogP contribution is -3.12. The van der Waals surface area contributed by atoms with Crippen molar-refractivity contribution in [2.24, 2.45) is 5.92 Å². The number of benzene rings is 1. The number of ether oxygens (including phenoxy) is 3. The largest absolute Gasteiger partial charge is 0.493 e. The number of hydrogen-bond donors (Lipinski definition) is 1. The standard InChI is InChI=1S/C22H34N2O4/c1-26-19-11-10-17(20(27-2)21(19)28-3)15-23-12-8-9-18(16-23)22(25)24-13-6-4-5-7-14-24/h10-11,18H,4-9,12-16H2,1-3H3/p+1/t18-/m0/s1. The SMILES string of the molecule is COc1ccc(C[NH+]2CCC[C@H](C(=O)N3CCCCCC3)C2)c(OC)c1OC. The predicted molar refractivity (Wildman–Crippen MR) is 108 cm³/mol. The maximum Gasteiger partial charge on any atom is 0.231 e. The topological polar surface area (TPSA) is 52.4 Å². The van der Waals surface area contributed by atoms with Gasteiger partial charge in [0, 0.05) is 13.1 Å². The molecule has 1 unspecified atom stereocenters. The summed E-state index contributed by atoms with van der Waals surface area (Å²) in [4.78, 5) is 16.6. The van der Waals surface area contributed by atoms with Crippen molar-refractivity contribution in [3.8, 4) is 17.2 Å². The average molecular weight is 392 g/mol. The molecule has 2 heterocycles. The first-order chi connectivity index (χ1) is 13.7. The Hall–Kier alpha value is -1.95. The van der Waals surface area contributed by atoms with Gasteiger partial charge < -0.3 is 24.0 Å². The molecule has 2 saturated heterocycles. The van der Waals surface area contributed by atoms with Crippen LogP contribution in [0.3, 0.4) is 0 Å². The minimum absolute atomic E-state index is 0.146. The Morgan fingerprint density at radius 2 is 1.71 bits per heavy atom. The minimum Gasteiger partial charge on any atom is -0.493 e. The van der Waals surface area contributed by atoms with Crippen molar-refractivity contribution in [2.45, 2.75) is 45.1 Å². The van der Waals surface area contributed by atoms with Crippen LogP contribution in [-0.4, -0.2) is 58.3 Å². The molecule has 2 aliphatic heterocycles. The van der Waals surface area contributed by atoms with Gasteiger partial charge in [0.2, 0.25) is 11.7 Å². The van der Waals surface area contributed by atoms with E-state index in [1.807, 2.05) is 12.1 Å². The summed E-state index contributed by atoms with van der Waals surface area (Å²) in [5, 5.41) is 0. The van der Waals surface area contributed by atoms with Crippen LogP contribution in [0.2, 0.25) is 0 Å². The van der Waals surface area contributed by atoms with Crippen LogP contribution in [0.25, 0.3) is 0 Å². The van der Waals surface area contributed by atoms with Crippen molar-refractivity contribution in [3.63, 3.8) is 0 Å². The second-order valence-electron chi connectivity index (χ2n) is 7.95. The Bertz CT molecular complexity index is 656. The number of hydrogen-bond acceptors (Lipinski definition) is 4. The van der Waals surface area contributed by atoms with E-state index in [4.69, 9.17) is 14.2 Å². The number of carbonyl (C=O) groups excluding carboxylic acids is 1. The number of piperidine rings is 1. The van der Waals surface area contributed by atoms with E-state index >= 15 is 0 Å². The molecule has 0 spiro atoms. The zero-order valence-corrected chi connectivity index (χ0v) is 17.6. The van der Waals surface area contributed by atoms with Gasteiger partial charge in [-0.2, -0.15) is 0 Å². The number of nitrogens with one attached hydrogen (secondary N) is 1. The summed E-state index contributed by atoms with van der Waals surface area (Å²) in [6, 6.07) is 3.98. The van der Waals surface area contributed by atoms with E-state index in [0.717, 1.165) is 69.7 Å². The van der Waals surface area contributed by atoms with Crippen LogP contribution in [0.15, 0.2) is 12.1 Å². The Balaban J connectivity index is 1.69. The Kier molecular flexibility index (Phi) is 7.43. The molecule has 2 atom stereocenters. The lowest BCUT2D eigenvalue weighted by Gasteiger charge is -2.33. The first-order valence-electron chi connectivity index (χ1n) is 10.6. The summed E-state index contributed by atoms with van der Waals surface area (Å²) in [5.41, 5.74) is 1.10. The number of nitrogens with zero attached hydrogens (tertiary/aromatic N) is 1. The van der Waals surface area contributed by atoms with E-state index in [2.05, 4.69) is 4.90 Å². The first kappa shape index (κ1) is 20.8. The van der Waals surface area contributed by atoms with Gasteiger partial charge in [-0.05, 0) is 37.8 Å². The summed E-state index contributed by atoms with van der Waals surface area (Å²) in [5.74, 6) is 2.56. The van der Waals surface area contributed by atoms with Gasteiger partial charge in [-0.3, -0.25) is 4.79 Å². The average Bonchev–Trinajstić information content (AvgIpc) is 3.02. The summed E-state index contributed by atoms with van der Waals surface area (Å²) < 4.78 is 16.5. The molecule has 3 rings (SSSR count). The third-order valence-corrected chi connectivity index (χ3v) is 6.11. The minimum atomic E-state index is 0.146. The fourth-order valence-electron chi connectivity index (χ4n) is 4.64. The van der Waals surface area contributed by atoms with Crippen molar-refractivity contribution >= 4 is 5.91 Å². The van der Waals surface area contributed by atoms with E-state index < -0.39 is 0 Å². The Morgan fingerprint density at radius 3 is 2.36 bits per heavy atom. The van der Waals surface area contributed by atoms with E-state index in [0.29, 0.717) is 17.4 Å². The molecule has 1 aromatic rings. The zero-order chi connectivity index (χ0) is 19.9. The first-order valence-corrected chi connectivity index (χ1v) is 10.6. The summed E-state index contributed by atoms with van der Waals surface area (Å²) in [6.45, 7) is 4.68. The highest BCUT2D eigenvalue weighted by Crippen LogP contribution is 2.39.